The molecule has 0 amide bonds. The molecule has 0 bridgehead atoms. The summed E-state index contributed by atoms with van der Waals surface area (Å²) in [7, 11) is 0. The molecule has 8 heteroatoms. The summed E-state index contributed by atoms with van der Waals surface area (Å²) in [5.41, 5.74) is 9.18. The van der Waals surface area contributed by atoms with E-state index in [1.54, 1.807) is 18.2 Å². The molecule has 3 rings (SSSR count). The highest BCUT2D eigenvalue weighted by Gasteiger charge is 2.28. The second-order valence-electron chi connectivity index (χ2n) is 4.27. The number of nitro groups is 1. The van der Waals surface area contributed by atoms with Gasteiger partial charge in [-0.2, -0.15) is 0 Å². The molecule has 0 aromatic heterocycles. The van der Waals surface area contributed by atoms with Crippen LogP contribution < -0.4 is 4.74 Å². The molecule has 0 saturated carbocycles. The van der Waals surface area contributed by atoms with E-state index < -0.39 is 11.0 Å². The molecular formula is C12H7ClN4O3. The minimum Gasteiger partial charge on any atom is -0.491 e. The van der Waals surface area contributed by atoms with Gasteiger partial charge in [0.15, 0.2) is 0 Å². The Kier molecular flexibility index (Phi) is 2.85. The van der Waals surface area contributed by atoms with Crippen molar-refractivity contribution in [3.05, 3.63) is 55.4 Å². The van der Waals surface area contributed by atoms with E-state index in [0.29, 0.717) is 22.1 Å². The van der Waals surface area contributed by atoms with E-state index in [1.807, 2.05) is 0 Å². The molecule has 7 nitrogen and oxygen atoms in total. The smallest absolute Gasteiger partial charge is 0.278 e. The molecule has 0 N–H and O–H groups in total. The molecule has 1 aliphatic rings. The Morgan fingerprint density at radius 2 is 2.35 bits per heavy atom. The number of hydrogen-bond acceptors (Lipinski definition) is 4. The van der Waals surface area contributed by atoms with Crippen molar-refractivity contribution in [2.45, 2.75) is 6.04 Å². The maximum Gasteiger partial charge on any atom is 0.278 e. The molecule has 1 heterocycles. The van der Waals surface area contributed by atoms with Crippen molar-refractivity contribution >= 4 is 28.1 Å². The van der Waals surface area contributed by atoms with E-state index >= 15 is 0 Å². The van der Waals surface area contributed by atoms with E-state index in [0.717, 1.165) is 0 Å². The number of non-ortho nitro benzene ring substituents is 1. The third-order valence-electron chi connectivity index (χ3n) is 3.21. The average Bonchev–Trinajstić information content (AvgIpc) is 2.44. The summed E-state index contributed by atoms with van der Waals surface area (Å²) in [4.78, 5) is 13.4. The molecule has 0 saturated heterocycles. The molecular weight excluding hydrogens is 284 g/mol. The summed E-state index contributed by atoms with van der Waals surface area (Å²) >= 11 is 6.05. The molecule has 0 radical (unpaired) electrons. The van der Waals surface area contributed by atoms with Gasteiger partial charge in [0.2, 0.25) is 0 Å². The van der Waals surface area contributed by atoms with Gasteiger partial charge in [-0.3, -0.25) is 10.1 Å². The van der Waals surface area contributed by atoms with Crippen LogP contribution in [0.1, 0.15) is 11.6 Å². The lowest BCUT2D eigenvalue weighted by molar-refractivity contribution is -0.383. The fourth-order valence-corrected chi connectivity index (χ4v) is 2.65. The molecule has 0 spiro atoms. The minimum atomic E-state index is -0.519. The third-order valence-corrected chi connectivity index (χ3v) is 3.49. The van der Waals surface area contributed by atoms with Crippen LogP contribution in [0.3, 0.4) is 0 Å². The van der Waals surface area contributed by atoms with Crippen LogP contribution in [0.15, 0.2) is 29.4 Å². The van der Waals surface area contributed by atoms with Crippen LogP contribution in [0.4, 0.5) is 5.69 Å². The molecule has 1 aliphatic heterocycles. The van der Waals surface area contributed by atoms with E-state index in [-0.39, 0.29) is 17.3 Å². The SMILES string of the molecule is [N-]=[N+]=NC1COc2c(Cl)cc([N+](=O)[O-])c3cccc1c23. The molecule has 1 unspecified atom stereocenters. The lowest BCUT2D eigenvalue weighted by atomic mass is 9.96. The summed E-state index contributed by atoms with van der Waals surface area (Å²) < 4.78 is 5.51. The second kappa shape index (κ2) is 4.56. The van der Waals surface area contributed by atoms with Crippen LogP contribution >= 0.6 is 11.6 Å². The first-order chi connectivity index (χ1) is 9.63. The first-order valence-corrected chi connectivity index (χ1v) is 6.07. The van der Waals surface area contributed by atoms with Gasteiger partial charge < -0.3 is 4.74 Å². The highest BCUT2D eigenvalue weighted by molar-refractivity contribution is 6.34. The maximum atomic E-state index is 11.1. The molecule has 20 heavy (non-hydrogen) atoms. The van der Waals surface area contributed by atoms with Crippen molar-refractivity contribution in [2.75, 3.05) is 6.61 Å². The van der Waals surface area contributed by atoms with Crippen LogP contribution in [0, 0.1) is 10.1 Å². The van der Waals surface area contributed by atoms with Crippen molar-refractivity contribution in [1.82, 2.24) is 0 Å². The fraction of sp³-hybridized carbons (Fsp3) is 0.167. The Morgan fingerprint density at radius 3 is 3.05 bits per heavy atom. The molecule has 0 fully saturated rings. The molecule has 2 aromatic carbocycles. The van der Waals surface area contributed by atoms with E-state index in [2.05, 4.69) is 10.0 Å². The largest absolute Gasteiger partial charge is 0.491 e. The van der Waals surface area contributed by atoms with E-state index in [4.69, 9.17) is 21.9 Å². The number of nitrogens with zero attached hydrogens (tertiary/aromatic N) is 4. The summed E-state index contributed by atoms with van der Waals surface area (Å²) in [6.07, 6.45) is 0. The van der Waals surface area contributed by atoms with Gasteiger partial charge in [-0.05, 0) is 17.2 Å². The monoisotopic (exact) mass is 290 g/mol. The molecule has 1 atom stereocenters. The normalized spacial score (nSPS) is 16.4. The van der Waals surface area contributed by atoms with Gasteiger partial charge in [0.1, 0.15) is 12.4 Å². The van der Waals surface area contributed by atoms with E-state index in [1.165, 1.54) is 6.07 Å². The zero-order valence-corrected chi connectivity index (χ0v) is 10.7. The summed E-state index contributed by atoms with van der Waals surface area (Å²) in [5.74, 6) is 0.396. The van der Waals surface area contributed by atoms with Crippen LogP contribution in [0.25, 0.3) is 21.2 Å². The number of benzene rings is 2. The fourth-order valence-electron chi connectivity index (χ4n) is 2.40. The van der Waals surface area contributed by atoms with Gasteiger partial charge >= 0.3 is 0 Å². The van der Waals surface area contributed by atoms with Crippen molar-refractivity contribution in [1.29, 1.82) is 0 Å². The lowest BCUT2D eigenvalue weighted by Crippen LogP contribution is -2.14. The summed E-state index contributed by atoms with van der Waals surface area (Å²) in [5, 5.41) is 15.9. The predicted molar refractivity (Wildman–Crippen MR) is 73.0 cm³/mol. The van der Waals surface area contributed by atoms with Gasteiger partial charge in [-0.1, -0.05) is 28.8 Å². The molecule has 0 aliphatic carbocycles. The van der Waals surface area contributed by atoms with Crippen molar-refractivity contribution < 1.29 is 9.66 Å². The zero-order chi connectivity index (χ0) is 14.3. The zero-order valence-electron chi connectivity index (χ0n) is 9.99. The first kappa shape index (κ1) is 12.5. The van der Waals surface area contributed by atoms with Crippen LogP contribution in [0.5, 0.6) is 5.75 Å². The second-order valence-corrected chi connectivity index (χ2v) is 4.67. The summed E-state index contributed by atoms with van der Waals surface area (Å²) in [6.45, 7) is 0.160. The van der Waals surface area contributed by atoms with Crippen molar-refractivity contribution in [3.63, 3.8) is 0 Å². The minimum absolute atomic E-state index is 0.0965. The van der Waals surface area contributed by atoms with Crippen molar-refractivity contribution in [3.8, 4) is 5.75 Å². The molecule has 2 aromatic rings. The standard InChI is InChI=1S/C12H7ClN4O3/c13-8-4-10(17(18)19)7-3-1-2-6-9(15-16-14)5-20-12(8)11(6)7/h1-4,9H,5H2. The predicted octanol–water partition coefficient (Wildman–Crippen LogP) is 4.15. The topological polar surface area (TPSA) is 101 Å². The van der Waals surface area contributed by atoms with Gasteiger partial charge in [-0.25, -0.2) is 0 Å². The highest BCUT2D eigenvalue weighted by Crippen LogP contribution is 2.45. The van der Waals surface area contributed by atoms with Gasteiger partial charge in [0.25, 0.3) is 5.69 Å². The number of nitro benzene ring substituents is 1. The van der Waals surface area contributed by atoms with Gasteiger partial charge in [-0.15, -0.1) is 0 Å². The third kappa shape index (κ3) is 1.72. The number of halogens is 1. The van der Waals surface area contributed by atoms with Gasteiger partial charge in [0, 0.05) is 16.4 Å². The number of rotatable bonds is 2. The highest BCUT2D eigenvalue weighted by atomic mass is 35.5. The Labute approximate surface area is 117 Å². The number of ether oxygens (including phenoxy) is 1. The van der Waals surface area contributed by atoms with Gasteiger partial charge in [0.05, 0.1) is 21.4 Å². The Morgan fingerprint density at radius 1 is 1.55 bits per heavy atom. The Balaban J connectivity index is 2.43. The van der Waals surface area contributed by atoms with Crippen LogP contribution in [-0.4, -0.2) is 11.5 Å². The van der Waals surface area contributed by atoms with E-state index in [9.17, 15) is 10.1 Å². The lowest BCUT2D eigenvalue weighted by Gasteiger charge is -2.23. The van der Waals surface area contributed by atoms with Crippen LogP contribution in [0.2, 0.25) is 5.02 Å². The number of hydrogen-bond donors (Lipinski definition) is 0. The molecule has 100 valence electrons. The van der Waals surface area contributed by atoms with Crippen LogP contribution in [-0.2, 0) is 0 Å². The Bertz CT molecular complexity index is 786. The Hall–Kier alpha value is -2.50. The quantitative estimate of drug-likeness (QED) is 0.273. The average molecular weight is 291 g/mol. The maximum absolute atomic E-state index is 11.1. The summed E-state index contributed by atoms with van der Waals surface area (Å²) in [6, 6.07) is 5.82. The number of azide groups is 1. The van der Waals surface area contributed by atoms with Crippen molar-refractivity contribution in [2.24, 2.45) is 5.11 Å². The first-order valence-electron chi connectivity index (χ1n) is 5.70.